The van der Waals surface area contributed by atoms with E-state index in [0.29, 0.717) is 35.6 Å². The standard InChI is InChI=1S/C30H38N4O5/c1-7-21-11-9-10-12-24(21)34(27(36)18-17-26(35)31-25-19-20(3)39-33-25)28(29(37)32-30(4,5)8-2)22-13-15-23(38-6)16-14-22/h9-16,19,28H,7-8,17-18H2,1-6H3,(H,32,37)(H,31,33,35)/t28-/m0/s1. The first kappa shape index (κ1) is 29.4. The van der Waals surface area contributed by atoms with Crippen molar-refractivity contribution in [3.8, 4) is 5.75 Å². The zero-order valence-electron chi connectivity index (χ0n) is 23.5. The molecule has 0 unspecified atom stereocenters. The molecule has 1 heterocycles. The molecule has 2 N–H and O–H groups in total. The smallest absolute Gasteiger partial charge is 0.248 e. The van der Waals surface area contributed by atoms with Gasteiger partial charge in [0.05, 0.1) is 7.11 Å². The molecule has 0 aliphatic heterocycles. The predicted molar refractivity (Wildman–Crippen MR) is 151 cm³/mol. The van der Waals surface area contributed by atoms with E-state index in [2.05, 4.69) is 15.8 Å². The van der Waals surface area contributed by atoms with Gasteiger partial charge in [-0.2, -0.15) is 0 Å². The number of aromatic nitrogens is 1. The molecule has 9 nitrogen and oxygen atoms in total. The molecular formula is C30H38N4O5. The van der Waals surface area contributed by atoms with Crippen LogP contribution in [0, 0.1) is 6.92 Å². The van der Waals surface area contributed by atoms with Crippen molar-refractivity contribution < 1.29 is 23.6 Å². The van der Waals surface area contributed by atoms with Gasteiger partial charge < -0.3 is 19.9 Å². The Morgan fingerprint density at radius 2 is 1.74 bits per heavy atom. The molecule has 0 bridgehead atoms. The summed E-state index contributed by atoms with van der Waals surface area (Å²) in [5, 5.41) is 9.53. The van der Waals surface area contributed by atoms with Crippen molar-refractivity contribution >= 4 is 29.2 Å². The van der Waals surface area contributed by atoms with E-state index in [1.54, 1.807) is 44.4 Å². The van der Waals surface area contributed by atoms with Crippen molar-refractivity contribution in [3.63, 3.8) is 0 Å². The van der Waals surface area contributed by atoms with E-state index in [-0.39, 0.29) is 36.4 Å². The summed E-state index contributed by atoms with van der Waals surface area (Å²) < 4.78 is 10.3. The lowest BCUT2D eigenvalue weighted by Crippen LogP contribution is -2.50. The lowest BCUT2D eigenvalue weighted by molar-refractivity contribution is -0.128. The molecule has 1 atom stereocenters. The quantitative estimate of drug-likeness (QED) is 0.324. The summed E-state index contributed by atoms with van der Waals surface area (Å²) in [7, 11) is 1.57. The van der Waals surface area contributed by atoms with E-state index in [1.165, 1.54) is 4.90 Å². The van der Waals surface area contributed by atoms with Crippen LogP contribution in [0.15, 0.2) is 59.1 Å². The average molecular weight is 535 g/mol. The van der Waals surface area contributed by atoms with Gasteiger partial charge in [0.25, 0.3) is 0 Å². The fraction of sp³-hybridized carbons (Fsp3) is 0.400. The maximum Gasteiger partial charge on any atom is 0.248 e. The van der Waals surface area contributed by atoms with Crippen molar-refractivity contribution in [2.24, 2.45) is 0 Å². The van der Waals surface area contributed by atoms with Gasteiger partial charge in [-0.25, -0.2) is 0 Å². The summed E-state index contributed by atoms with van der Waals surface area (Å²) in [6.07, 6.45) is 1.16. The number of nitrogens with zero attached hydrogens (tertiary/aromatic N) is 2. The van der Waals surface area contributed by atoms with Gasteiger partial charge in [-0.3, -0.25) is 19.3 Å². The fourth-order valence-corrected chi connectivity index (χ4v) is 4.13. The van der Waals surface area contributed by atoms with Gasteiger partial charge in [-0.15, -0.1) is 0 Å². The SMILES string of the molecule is CCc1ccccc1N(C(=O)CCC(=O)Nc1cc(C)on1)[C@H](C(=O)NC(C)(C)CC)c1ccc(OC)cc1. The van der Waals surface area contributed by atoms with Crippen molar-refractivity contribution in [2.75, 3.05) is 17.3 Å². The highest BCUT2D eigenvalue weighted by atomic mass is 16.5. The Balaban J connectivity index is 2.01. The van der Waals surface area contributed by atoms with Crippen LogP contribution < -0.4 is 20.3 Å². The van der Waals surface area contributed by atoms with E-state index in [4.69, 9.17) is 9.26 Å². The summed E-state index contributed by atoms with van der Waals surface area (Å²) >= 11 is 0. The molecule has 208 valence electrons. The number of hydrogen-bond donors (Lipinski definition) is 2. The number of hydrogen-bond acceptors (Lipinski definition) is 6. The van der Waals surface area contributed by atoms with Crippen LogP contribution in [0.4, 0.5) is 11.5 Å². The number of ether oxygens (including phenoxy) is 1. The summed E-state index contributed by atoms with van der Waals surface area (Å²) in [5.74, 6) is 0.445. The molecule has 0 saturated carbocycles. The predicted octanol–water partition coefficient (Wildman–Crippen LogP) is 5.35. The zero-order valence-corrected chi connectivity index (χ0v) is 23.5. The van der Waals surface area contributed by atoms with Gasteiger partial charge in [-0.1, -0.05) is 49.3 Å². The minimum Gasteiger partial charge on any atom is -0.497 e. The average Bonchev–Trinajstić information content (AvgIpc) is 3.34. The molecule has 9 heteroatoms. The third-order valence-corrected chi connectivity index (χ3v) is 6.65. The molecule has 39 heavy (non-hydrogen) atoms. The van der Waals surface area contributed by atoms with Crippen molar-refractivity contribution in [1.82, 2.24) is 10.5 Å². The lowest BCUT2D eigenvalue weighted by atomic mass is 9.97. The molecule has 1 aromatic heterocycles. The van der Waals surface area contributed by atoms with Crippen LogP contribution in [-0.2, 0) is 20.8 Å². The normalized spacial score (nSPS) is 11.9. The van der Waals surface area contributed by atoms with Gasteiger partial charge in [0.15, 0.2) is 5.82 Å². The second kappa shape index (κ2) is 13.1. The van der Waals surface area contributed by atoms with Gasteiger partial charge in [0.2, 0.25) is 17.7 Å². The molecule has 0 fully saturated rings. The van der Waals surface area contributed by atoms with Crippen molar-refractivity contribution in [2.45, 2.75) is 71.9 Å². The minimum absolute atomic E-state index is 0.0903. The second-order valence-electron chi connectivity index (χ2n) is 10.0. The summed E-state index contributed by atoms with van der Waals surface area (Å²) in [5.41, 5.74) is 1.68. The Morgan fingerprint density at radius 3 is 2.33 bits per heavy atom. The van der Waals surface area contributed by atoms with Crippen LogP contribution in [0.25, 0.3) is 0 Å². The number of benzene rings is 2. The van der Waals surface area contributed by atoms with E-state index in [0.717, 1.165) is 5.56 Å². The van der Waals surface area contributed by atoms with Gasteiger partial charge in [0.1, 0.15) is 17.6 Å². The second-order valence-corrected chi connectivity index (χ2v) is 10.0. The highest BCUT2D eigenvalue weighted by Crippen LogP contribution is 2.33. The molecule has 0 saturated heterocycles. The third-order valence-electron chi connectivity index (χ3n) is 6.65. The lowest BCUT2D eigenvalue weighted by Gasteiger charge is -2.35. The Labute approximate surface area is 229 Å². The summed E-state index contributed by atoms with van der Waals surface area (Å²) in [6.45, 7) is 9.60. The fourth-order valence-electron chi connectivity index (χ4n) is 4.13. The summed E-state index contributed by atoms with van der Waals surface area (Å²) in [4.78, 5) is 42.0. The number of carbonyl (C=O) groups is 3. The van der Waals surface area contributed by atoms with E-state index < -0.39 is 11.6 Å². The molecule has 0 radical (unpaired) electrons. The van der Waals surface area contributed by atoms with Crippen LogP contribution in [0.5, 0.6) is 5.75 Å². The van der Waals surface area contributed by atoms with E-state index >= 15 is 0 Å². The molecular weight excluding hydrogens is 496 g/mol. The minimum atomic E-state index is -0.969. The molecule has 2 aromatic carbocycles. The maximum absolute atomic E-state index is 14.0. The number of amides is 3. The van der Waals surface area contributed by atoms with Crippen molar-refractivity contribution in [1.29, 1.82) is 0 Å². The highest BCUT2D eigenvalue weighted by molar-refractivity contribution is 6.03. The molecule has 3 rings (SSSR count). The molecule has 3 aromatic rings. The maximum atomic E-state index is 14.0. The van der Waals surface area contributed by atoms with Gasteiger partial charge >= 0.3 is 0 Å². The first-order valence-corrected chi connectivity index (χ1v) is 13.2. The monoisotopic (exact) mass is 534 g/mol. The topological polar surface area (TPSA) is 114 Å². The number of rotatable bonds is 12. The van der Waals surface area contributed by atoms with Crippen LogP contribution >= 0.6 is 0 Å². The first-order chi connectivity index (χ1) is 18.6. The molecule has 3 amide bonds. The van der Waals surface area contributed by atoms with Gasteiger partial charge in [0, 0.05) is 30.1 Å². The van der Waals surface area contributed by atoms with Crippen LogP contribution in [0.2, 0.25) is 0 Å². The number of para-hydroxylation sites is 1. The Morgan fingerprint density at radius 1 is 1.05 bits per heavy atom. The molecule has 0 aliphatic carbocycles. The summed E-state index contributed by atoms with van der Waals surface area (Å²) in [6, 6.07) is 15.3. The Hall–Kier alpha value is -4.14. The van der Waals surface area contributed by atoms with Gasteiger partial charge in [-0.05, 0) is 62.9 Å². The number of carbonyl (C=O) groups excluding carboxylic acids is 3. The van der Waals surface area contributed by atoms with Crippen LogP contribution in [0.1, 0.15) is 69.9 Å². The van der Waals surface area contributed by atoms with Crippen LogP contribution in [0.3, 0.4) is 0 Å². The first-order valence-electron chi connectivity index (χ1n) is 13.2. The van der Waals surface area contributed by atoms with Crippen molar-refractivity contribution in [3.05, 3.63) is 71.5 Å². The zero-order chi connectivity index (χ0) is 28.6. The number of nitrogens with one attached hydrogen (secondary N) is 2. The van der Waals surface area contributed by atoms with Crippen LogP contribution in [-0.4, -0.2) is 35.5 Å². The van der Waals surface area contributed by atoms with E-state index in [1.807, 2.05) is 52.0 Å². The number of methoxy groups -OCH3 is 1. The number of aryl methyl sites for hydroxylation is 2. The Bertz CT molecular complexity index is 1280. The number of anilines is 2. The molecule has 0 spiro atoms. The highest BCUT2D eigenvalue weighted by Gasteiger charge is 2.35. The largest absolute Gasteiger partial charge is 0.497 e. The third kappa shape index (κ3) is 7.69. The Kier molecular flexibility index (Phi) is 9.87. The van der Waals surface area contributed by atoms with E-state index in [9.17, 15) is 14.4 Å². The molecule has 0 aliphatic rings.